The number of unbranched alkanes of at least 4 members (excludes halogenated alkanes) is 6. The van der Waals surface area contributed by atoms with Gasteiger partial charge >= 0.3 is 0 Å². The van der Waals surface area contributed by atoms with Crippen LogP contribution in [-0.2, 0) is 4.79 Å². The van der Waals surface area contributed by atoms with Crippen molar-refractivity contribution in [2.75, 3.05) is 0 Å². The molecule has 0 aliphatic heterocycles. The Kier molecular flexibility index (Phi) is 11.5. The first kappa shape index (κ1) is 14.7. The fraction of sp³-hybridized carbons (Fsp3) is 0.929. The minimum absolute atomic E-state index is 0.219. The molecule has 1 heteroatoms. The molecule has 0 aromatic heterocycles. The van der Waals surface area contributed by atoms with Crippen LogP contribution in [0.4, 0.5) is 0 Å². The molecule has 1 atom stereocenters. The van der Waals surface area contributed by atoms with Gasteiger partial charge in [-0.2, -0.15) is 0 Å². The van der Waals surface area contributed by atoms with Crippen molar-refractivity contribution >= 4 is 6.29 Å². The van der Waals surface area contributed by atoms with Gasteiger partial charge in [-0.3, -0.25) is 4.79 Å². The lowest BCUT2D eigenvalue weighted by Gasteiger charge is -2.07. The molecule has 0 spiro atoms. The maximum absolute atomic E-state index is 10.7. The van der Waals surface area contributed by atoms with Gasteiger partial charge in [0.15, 0.2) is 0 Å². The van der Waals surface area contributed by atoms with Gasteiger partial charge in [0.2, 0.25) is 6.29 Å². The van der Waals surface area contributed by atoms with E-state index in [4.69, 9.17) is 0 Å². The summed E-state index contributed by atoms with van der Waals surface area (Å²) < 4.78 is 0. The third-order valence-corrected chi connectivity index (χ3v) is 2.98. The van der Waals surface area contributed by atoms with E-state index in [1.165, 1.54) is 51.4 Å². The third kappa shape index (κ3) is 9.96. The smallest absolute Gasteiger partial charge is 0.201 e. The summed E-state index contributed by atoms with van der Waals surface area (Å²) in [6.45, 7) is 4.41. The van der Waals surface area contributed by atoms with Crippen LogP contribution in [0.1, 0.15) is 78.1 Å². The monoisotopic (exact) mass is 211 g/mol. The second kappa shape index (κ2) is 11.7. The fourth-order valence-corrected chi connectivity index (χ4v) is 1.88. The zero-order chi connectivity index (χ0) is 11.4. The molecule has 0 amide bonds. The average Bonchev–Trinajstić information content (AvgIpc) is 2.27. The highest BCUT2D eigenvalue weighted by Crippen LogP contribution is 2.15. The summed E-state index contributed by atoms with van der Waals surface area (Å²) in [4.78, 5) is 10.7. The molecule has 0 aromatic carbocycles. The largest absolute Gasteiger partial charge is 0.291 e. The molecule has 0 aromatic rings. The molecule has 0 aliphatic carbocycles. The van der Waals surface area contributed by atoms with E-state index in [2.05, 4.69) is 20.1 Å². The minimum Gasteiger partial charge on any atom is -0.291 e. The van der Waals surface area contributed by atoms with E-state index in [1.807, 2.05) is 0 Å². The maximum atomic E-state index is 10.7. The van der Waals surface area contributed by atoms with E-state index in [0.29, 0.717) is 0 Å². The number of carbonyl (C=O) groups excluding carboxylic acids is 1. The quantitative estimate of drug-likeness (QED) is 0.454. The number of rotatable bonds is 11. The van der Waals surface area contributed by atoms with Gasteiger partial charge in [0, 0.05) is 5.92 Å². The Bertz CT molecular complexity index is 131. The molecule has 0 bridgehead atoms. The summed E-state index contributed by atoms with van der Waals surface area (Å²) in [5.41, 5.74) is 0. The lowest BCUT2D eigenvalue weighted by atomic mass is 9.96. The molecule has 1 nitrogen and oxygen atoms in total. The van der Waals surface area contributed by atoms with E-state index in [-0.39, 0.29) is 5.92 Å². The molecular formula is C14H27O. The van der Waals surface area contributed by atoms with Crippen molar-refractivity contribution in [3.05, 3.63) is 0 Å². The Morgan fingerprint density at radius 3 is 1.93 bits per heavy atom. The highest BCUT2D eigenvalue weighted by atomic mass is 16.1. The van der Waals surface area contributed by atoms with Gasteiger partial charge in [0.05, 0.1) is 0 Å². The van der Waals surface area contributed by atoms with Crippen LogP contribution >= 0.6 is 0 Å². The summed E-state index contributed by atoms with van der Waals surface area (Å²) in [5, 5.41) is 0. The van der Waals surface area contributed by atoms with Gasteiger partial charge in [0.1, 0.15) is 0 Å². The summed E-state index contributed by atoms with van der Waals surface area (Å²) in [7, 11) is 0. The predicted octanol–water partition coefficient (Wildman–Crippen LogP) is 4.65. The Morgan fingerprint density at radius 2 is 1.33 bits per heavy atom. The molecule has 0 fully saturated rings. The van der Waals surface area contributed by atoms with Crippen LogP contribution in [-0.4, -0.2) is 6.29 Å². The van der Waals surface area contributed by atoms with Crippen LogP contribution in [0, 0.1) is 5.92 Å². The summed E-state index contributed by atoms with van der Waals surface area (Å²) in [6.07, 6.45) is 14.6. The minimum atomic E-state index is 0.219. The lowest BCUT2D eigenvalue weighted by molar-refractivity contribution is 0.459. The van der Waals surface area contributed by atoms with Gasteiger partial charge in [-0.25, -0.2) is 0 Å². The highest BCUT2D eigenvalue weighted by Gasteiger charge is 2.06. The second-order valence-electron chi connectivity index (χ2n) is 4.51. The SMILES string of the molecule is CCCCCCCCC([C]=O)CCCC. The average molecular weight is 211 g/mol. The Labute approximate surface area is 95.6 Å². The first-order chi connectivity index (χ1) is 7.35. The third-order valence-electron chi connectivity index (χ3n) is 2.98. The predicted molar refractivity (Wildman–Crippen MR) is 66.7 cm³/mol. The van der Waals surface area contributed by atoms with E-state index >= 15 is 0 Å². The standard InChI is InChI=1S/C14H27O/c1-3-5-7-8-9-10-12-14(13-15)11-6-4-2/h14H,3-12H2,1-2H3. The molecule has 0 saturated carbocycles. The van der Waals surface area contributed by atoms with Crippen molar-refractivity contribution in [1.29, 1.82) is 0 Å². The van der Waals surface area contributed by atoms with Crippen molar-refractivity contribution in [3.8, 4) is 0 Å². The van der Waals surface area contributed by atoms with Crippen molar-refractivity contribution in [2.45, 2.75) is 78.1 Å². The van der Waals surface area contributed by atoms with E-state index < -0.39 is 0 Å². The van der Waals surface area contributed by atoms with Crippen LogP contribution in [0.25, 0.3) is 0 Å². The summed E-state index contributed by atoms with van der Waals surface area (Å²) >= 11 is 0. The van der Waals surface area contributed by atoms with E-state index in [0.717, 1.165) is 12.8 Å². The van der Waals surface area contributed by atoms with Crippen LogP contribution in [0.2, 0.25) is 0 Å². The first-order valence-electron chi connectivity index (χ1n) is 6.72. The highest BCUT2D eigenvalue weighted by molar-refractivity contribution is 5.54. The first-order valence-corrected chi connectivity index (χ1v) is 6.72. The molecule has 0 rings (SSSR count). The molecule has 0 heterocycles. The lowest BCUT2D eigenvalue weighted by Crippen LogP contribution is -2.01. The van der Waals surface area contributed by atoms with Gasteiger partial charge < -0.3 is 0 Å². The fourth-order valence-electron chi connectivity index (χ4n) is 1.88. The molecule has 0 saturated heterocycles. The summed E-state index contributed by atoms with van der Waals surface area (Å²) in [6, 6.07) is 0. The van der Waals surface area contributed by atoms with Gasteiger partial charge in [-0.15, -0.1) is 0 Å². The Hall–Kier alpha value is -0.330. The maximum Gasteiger partial charge on any atom is 0.201 e. The number of hydrogen-bond acceptors (Lipinski definition) is 1. The number of hydrogen-bond donors (Lipinski definition) is 0. The van der Waals surface area contributed by atoms with Crippen LogP contribution in [0.5, 0.6) is 0 Å². The van der Waals surface area contributed by atoms with Crippen molar-refractivity contribution in [3.63, 3.8) is 0 Å². The van der Waals surface area contributed by atoms with E-state index in [1.54, 1.807) is 0 Å². The van der Waals surface area contributed by atoms with Gasteiger partial charge in [0.25, 0.3) is 0 Å². The van der Waals surface area contributed by atoms with Gasteiger partial charge in [-0.05, 0) is 12.8 Å². The molecule has 0 N–H and O–H groups in total. The van der Waals surface area contributed by atoms with Crippen LogP contribution in [0.15, 0.2) is 0 Å². The van der Waals surface area contributed by atoms with Gasteiger partial charge in [-0.1, -0.05) is 65.2 Å². The van der Waals surface area contributed by atoms with Crippen molar-refractivity contribution in [1.82, 2.24) is 0 Å². The van der Waals surface area contributed by atoms with E-state index in [9.17, 15) is 4.79 Å². The summed E-state index contributed by atoms with van der Waals surface area (Å²) in [5.74, 6) is 0.219. The zero-order valence-electron chi connectivity index (χ0n) is 10.6. The topological polar surface area (TPSA) is 17.1 Å². The van der Waals surface area contributed by atoms with Crippen LogP contribution in [0.3, 0.4) is 0 Å². The molecule has 89 valence electrons. The Morgan fingerprint density at radius 1 is 0.800 bits per heavy atom. The molecule has 0 aliphatic rings. The second-order valence-corrected chi connectivity index (χ2v) is 4.51. The molecule has 1 unspecified atom stereocenters. The zero-order valence-corrected chi connectivity index (χ0v) is 10.6. The van der Waals surface area contributed by atoms with Crippen molar-refractivity contribution < 1.29 is 4.79 Å². The normalized spacial score (nSPS) is 12.7. The molecular weight excluding hydrogens is 184 g/mol. The Balaban J connectivity index is 3.26. The molecule has 1 radical (unpaired) electrons. The van der Waals surface area contributed by atoms with Crippen LogP contribution < -0.4 is 0 Å². The molecule has 15 heavy (non-hydrogen) atoms. The van der Waals surface area contributed by atoms with Crippen molar-refractivity contribution in [2.24, 2.45) is 5.92 Å².